The number of benzene rings is 2. The fourth-order valence-corrected chi connectivity index (χ4v) is 10.3. The number of piperidine rings is 1. The number of nitrogens with zero attached hydrogens (tertiary/aromatic N) is 5. The normalized spacial score (nSPS) is 24.7. The highest BCUT2D eigenvalue weighted by Gasteiger charge is 2.50. The molecule has 5 aliphatic rings. The molecule has 1 saturated heterocycles. The molecule has 53 heavy (non-hydrogen) atoms. The largest absolute Gasteiger partial charge is 0.455 e. The van der Waals surface area contributed by atoms with E-state index in [4.69, 9.17) is 15.6 Å². The molecule has 2 aromatic heterocycles. The molecule has 0 radical (unpaired) electrons. The van der Waals surface area contributed by atoms with Gasteiger partial charge in [0.2, 0.25) is 11.8 Å². The molecule has 4 bridgehead atoms. The Kier molecular flexibility index (Phi) is 10.1. The zero-order valence-electron chi connectivity index (χ0n) is 31.2. The average Bonchev–Trinajstić information content (AvgIpc) is 3.55. The maximum atomic E-state index is 13.1. The first kappa shape index (κ1) is 35.5. The van der Waals surface area contributed by atoms with E-state index in [-0.39, 0.29) is 23.8 Å². The molecule has 1 aliphatic heterocycles. The number of fused-ring (bicyclic) bond motifs is 1. The Balaban J connectivity index is 0.890. The number of anilines is 2. The van der Waals surface area contributed by atoms with Crippen LogP contribution in [0.2, 0.25) is 0 Å². The summed E-state index contributed by atoms with van der Waals surface area (Å²) in [6.07, 6.45) is 14.5. The van der Waals surface area contributed by atoms with Gasteiger partial charge < -0.3 is 26.0 Å². The van der Waals surface area contributed by atoms with Crippen LogP contribution in [0, 0.1) is 29.1 Å². The number of ether oxygens (including phenoxy) is 1. The Bertz CT molecular complexity index is 1900. The Morgan fingerprint density at radius 3 is 2.42 bits per heavy atom. The van der Waals surface area contributed by atoms with Gasteiger partial charge in [0, 0.05) is 44.1 Å². The van der Waals surface area contributed by atoms with Crippen molar-refractivity contribution in [2.75, 3.05) is 37.2 Å². The summed E-state index contributed by atoms with van der Waals surface area (Å²) in [7, 11) is 0. The highest BCUT2D eigenvalue weighted by atomic mass is 16.5. The molecule has 4 aliphatic carbocycles. The number of hydrogen-bond donors (Lipinski definition) is 3. The van der Waals surface area contributed by atoms with Gasteiger partial charge in [-0.25, -0.2) is 14.6 Å². The highest BCUT2D eigenvalue weighted by Crippen LogP contribution is 2.61. The molecule has 3 heterocycles. The van der Waals surface area contributed by atoms with E-state index in [1.54, 1.807) is 0 Å². The molecule has 4 saturated carbocycles. The van der Waals surface area contributed by atoms with Crippen molar-refractivity contribution in [3.05, 3.63) is 54.9 Å². The molecule has 4 N–H and O–H groups in total. The molecule has 1 atom stereocenters. The molecular weight excluding hydrogens is 665 g/mol. The van der Waals surface area contributed by atoms with Crippen molar-refractivity contribution in [3.63, 3.8) is 0 Å². The Morgan fingerprint density at radius 1 is 1.00 bits per heavy atom. The standard InChI is InChI=1S/C42H54N8O3/c1-3-36(51)47-34-22-31(9-10-35(34)53-33-7-5-4-6-8-33)38-37-39(43)45-26-46-40(37)50(48-38)32-12-16-49(17-13-32)18-15-44-41(52)27(2)11-14-42-23-28-19-29(24-42)21-30(20-28)25-42/h4-10,22,26-30,32H,3,11-21,23-25H2,1-2H3,(H,44,52)(H,47,51)(H2,43,45,46)/t27-,28?,29?,30?,42?/m1/s1. The first-order valence-corrected chi connectivity index (χ1v) is 19.9. The maximum absolute atomic E-state index is 13.1. The zero-order valence-corrected chi connectivity index (χ0v) is 31.2. The van der Waals surface area contributed by atoms with Gasteiger partial charge in [0.05, 0.1) is 17.1 Å². The fourth-order valence-electron chi connectivity index (χ4n) is 10.3. The number of aromatic nitrogens is 4. The molecule has 280 valence electrons. The Hall–Kier alpha value is -4.51. The van der Waals surface area contributed by atoms with Crippen molar-refractivity contribution >= 4 is 34.4 Å². The summed E-state index contributed by atoms with van der Waals surface area (Å²) in [5.41, 5.74) is 9.70. The second-order valence-electron chi connectivity index (χ2n) is 16.5. The maximum Gasteiger partial charge on any atom is 0.224 e. The first-order chi connectivity index (χ1) is 25.8. The number of rotatable bonds is 13. The van der Waals surface area contributed by atoms with Gasteiger partial charge in [-0.1, -0.05) is 32.0 Å². The predicted molar refractivity (Wildman–Crippen MR) is 207 cm³/mol. The molecule has 11 nitrogen and oxygen atoms in total. The lowest BCUT2D eigenvalue weighted by molar-refractivity contribution is -0.125. The number of carbonyl (C=O) groups excluding carboxylic acids is 2. The first-order valence-electron chi connectivity index (χ1n) is 19.9. The number of amides is 2. The second kappa shape index (κ2) is 15.1. The molecule has 0 unspecified atom stereocenters. The van der Waals surface area contributed by atoms with Crippen molar-refractivity contribution in [2.45, 2.75) is 90.5 Å². The summed E-state index contributed by atoms with van der Waals surface area (Å²) in [6, 6.07) is 15.3. The molecule has 5 fully saturated rings. The topological polar surface area (TPSA) is 140 Å². The lowest BCUT2D eigenvalue weighted by atomic mass is 9.48. The minimum atomic E-state index is -0.119. The van der Waals surface area contributed by atoms with Gasteiger partial charge in [-0.3, -0.25) is 9.59 Å². The smallest absolute Gasteiger partial charge is 0.224 e. The Morgan fingerprint density at radius 2 is 1.72 bits per heavy atom. The van der Waals surface area contributed by atoms with Crippen LogP contribution >= 0.6 is 0 Å². The van der Waals surface area contributed by atoms with Gasteiger partial charge in [-0.15, -0.1) is 0 Å². The summed E-state index contributed by atoms with van der Waals surface area (Å²) in [5.74, 6) is 4.60. The van der Waals surface area contributed by atoms with Crippen molar-refractivity contribution in [2.24, 2.45) is 29.1 Å². The van der Waals surface area contributed by atoms with Crippen LogP contribution in [-0.2, 0) is 9.59 Å². The van der Waals surface area contributed by atoms with E-state index in [9.17, 15) is 9.59 Å². The molecule has 9 rings (SSSR count). The average molecular weight is 719 g/mol. The van der Waals surface area contributed by atoms with Crippen molar-refractivity contribution in [1.82, 2.24) is 30.0 Å². The van der Waals surface area contributed by atoms with Gasteiger partial charge in [-0.2, -0.15) is 5.10 Å². The number of nitrogens with one attached hydrogen (secondary N) is 2. The van der Waals surface area contributed by atoms with E-state index in [1.807, 2.05) is 60.1 Å². The van der Waals surface area contributed by atoms with Crippen LogP contribution in [0.5, 0.6) is 11.5 Å². The number of hydrogen-bond acceptors (Lipinski definition) is 8. The van der Waals surface area contributed by atoms with Crippen LogP contribution < -0.4 is 21.1 Å². The molecule has 11 heteroatoms. The van der Waals surface area contributed by atoms with Crippen molar-refractivity contribution in [1.29, 1.82) is 0 Å². The summed E-state index contributed by atoms with van der Waals surface area (Å²) in [6.45, 7) is 7.25. The van der Waals surface area contributed by atoms with E-state index >= 15 is 0 Å². The van der Waals surface area contributed by atoms with Crippen LogP contribution in [0.1, 0.15) is 90.5 Å². The number of nitrogens with two attached hydrogens (primary N) is 1. The van der Waals surface area contributed by atoms with Crippen molar-refractivity contribution in [3.8, 4) is 22.8 Å². The van der Waals surface area contributed by atoms with E-state index in [2.05, 4.69) is 32.4 Å². The lowest BCUT2D eigenvalue weighted by Gasteiger charge is -2.57. The molecule has 4 aromatic rings. The van der Waals surface area contributed by atoms with Gasteiger partial charge in [-0.05, 0) is 118 Å². The minimum Gasteiger partial charge on any atom is -0.455 e. The van der Waals surface area contributed by atoms with Crippen LogP contribution in [0.25, 0.3) is 22.3 Å². The van der Waals surface area contributed by atoms with E-state index in [1.165, 1.54) is 51.3 Å². The molecule has 2 amide bonds. The van der Waals surface area contributed by atoms with Gasteiger partial charge >= 0.3 is 0 Å². The second-order valence-corrected chi connectivity index (χ2v) is 16.5. The minimum absolute atomic E-state index is 0.0667. The van der Waals surface area contributed by atoms with E-state index in [0.29, 0.717) is 58.1 Å². The quantitative estimate of drug-likeness (QED) is 0.128. The highest BCUT2D eigenvalue weighted by molar-refractivity contribution is 6.00. The number of carbonyl (C=O) groups is 2. The van der Waals surface area contributed by atoms with Crippen molar-refractivity contribution < 1.29 is 14.3 Å². The van der Waals surface area contributed by atoms with Gasteiger partial charge in [0.25, 0.3) is 0 Å². The summed E-state index contributed by atoms with van der Waals surface area (Å²) in [5, 5.41) is 12.1. The summed E-state index contributed by atoms with van der Waals surface area (Å²) >= 11 is 0. The van der Waals surface area contributed by atoms with Crippen LogP contribution in [0.3, 0.4) is 0 Å². The fraction of sp³-hybridized carbons (Fsp3) is 0.548. The monoisotopic (exact) mass is 718 g/mol. The zero-order chi connectivity index (χ0) is 36.5. The molecule has 0 spiro atoms. The predicted octanol–water partition coefficient (Wildman–Crippen LogP) is 7.60. The van der Waals surface area contributed by atoms with E-state index < -0.39 is 0 Å². The third-order valence-electron chi connectivity index (χ3n) is 12.7. The number of likely N-dealkylation sites (tertiary alicyclic amines) is 1. The van der Waals surface area contributed by atoms with Gasteiger partial charge in [0.1, 0.15) is 23.6 Å². The molecule has 2 aromatic carbocycles. The van der Waals surface area contributed by atoms with E-state index in [0.717, 1.165) is 62.2 Å². The summed E-state index contributed by atoms with van der Waals surface area (Å²) in [4.78, 5) is 37.0. The third kappa shape index (κ3) is 7.63. The SMILES string of the molecule is CCC(=O)Nc1cc(-c2nn(C3CCN(CCNC(=O)[C@H](C)CCC45CC6CC(CC(C6)C4)C5)CC3)c3ncnc(N)c23)ccc1Oc1ccccc1. The lowest BCUT2D eigenvalue weighted by Crippen LogP contribution is -2.46. The number of para-hydroxylation sites is 1. The third-order valence-corrected chi connectivity index (χ3v) is 12.7. The summed E-state index contributed by atoms with van der Waals surface area (Å²) < 4.78 is 8.16. The van der Waals surface area contributed by atoms with Crippen LogP contribution in [0.4, 0.5) is 11.5 Å². The van der Waals surface area contributed by atoms with Crippen LogP contribution in [-0.4, -0.2) is 62.6 Å². The Labute approximate surface area is 312 Å². The molecular formula is C42H54N8O3. The van der Waals surface area contributed by atoms with Gasteiger partial charge in [0.15, 0.2) is 11.4 Å². The number of nitrogen functional groups attached to an aromatic ring is 1. The van der Waals surface area contributed by atoms with Crippen LogP contribution in [0.15, 0.2) is 54.9 Å².